The van der Waals surface area contributed by atoms with E-state index in [4.69, 9.17) is 16.9 Å². The lowest BCUT2D eigenvalue weighted by molar-refractivity contribution is 1.01. The molecule has 1 aliphatic carbocycles. The maximum Gasteiger partial charge on any atom is 0.0997 e. The molecule has 0 aromatic heterocycles. The van der Waals surface area contributed by atoms with Crippen LogP contribution in [0.3, 0.4) is 0 Å². The summed E-state index contributed by atoms with van der Waals surface area (Å²) in [5, 5.41) is 9.86. The Morgan fingerprint density at radius 1 is 1.33 bits per heavy atom. The summed E-state index contributed by atoms with van der Waals surface area (Å²) in [5.74, 6) is 0.635. The lowest BCUT2D eigenvalue weighted by atomic mass is 9.99. The topological polar surface area (TPSA) is 23.8 Å². The second-order valence-corrected chi connectivity index (χ2v) is 4.39. The highest BCUT2D eigenvalue weighted by molar-refractivity contribution is 6.30. The van der Waals surface area contributed by atoms with Crippen LogP contribution in [0.25, 0.3) is 5.57 Å². The largest absolute Gasteiger partial charge is 0.192 e. The van der Waals surface area contributed by atoms with Crippen molar-refractivity contribution in [1.29, 1.82) is 5.26 Å². The highest BCUT2D eigenvalue weighted by Gasteiger charge is 2.25. The number of benzene rings is 1. The first-order chi connectivity index (χ1) is 7.22. The molecule has 1 aliphatic rings. The van der Waals surface area contributed by atoms with Gasteiger partial charge in [0.15, 0.2) is 0 Å². The minimum absolute atomic E-state index is 0.635. The van der Waals surface area contributed by atoms with Crippen LogP contribution < -0.4 is 0 Å². The molecule has 0 unspecified atom stereocenters. The number of allylic oxidation sites excluding steroid dienone is 2. The summed E-state index contributed by atoms with van der Waals surface area (Å²) in [7, 11) is 0. The van der Waals surface area contributed by atoms with Crippen LogP contribution in [0, 0.1) is 17.2 Å². The summed E-state index contributed by atoms with van der Waals surface area (Å²) >= 11 is 5.82. The molecule has 0 spiro atoms. The summed E-state index contributed by atoms with van der Waals surface area (Å²) in [6, 6.07) is 9.77. The van der Waals surface area contributed by atoms with E-state index in [9.17, 15) is 0 Å². The molecule has 0 radical (unpaired) electrons. The fourth-order valence-electron chi connectivity index (χ4n) is 1.72. The average molecular weight is 218 g/mol. The summed E-state index contributed by atoms with van der Waals surface area (Å²) in [4.78, 5) is 0. The number of nitriles is 1. The monoisotopic (exact) mass is 217 g/mol. The molecule has 15 heavy (non-hydrogen) atoms. The van der Waals surface area contributed by atoms with Crippen molar-refractivity contribution in [2.45, 2.75) is 19.8 Å². The van der Waals surface area contributed by atoms with E-state index >= 15 is 0 Å². The number of hydrogen-bond acceptors (Lipinski definition) is 1. The third kappa shape index (κ3) is 2.22. The first-order valence-electron chi connectivity index (χ1n) is 5.09. The summed E-state index contributed by atoms with van der Waals surface area (Å²) in [6.45, 7) is 2.06. The molecule has 0 bridgehead atoms. The first kappa shape index (κ1) is 10.3. The van der Waals surface area contributed by atoms with Gasteiger partial charge in [-0.2, -0.15) is 5.26 Å². The van der Waals surface area contributed by atoms with Crippen molar-refractivity contribution in [2.75, 3.05) is 0 Å². The minimum Gasteiger partial charge on any atom is -0.192 e. The lowest BCUT2D eigenvalue weighted by Gasteiger charge is -2.04. The number of halogens is 1. The number of rotatable bonds is 2. The van der Waals surface area contributed by atoms with E-state index in [-0.39, 0.29) is 0 Å². The molecule has 76 valence electrons. The molecule has 1 nitrogen and oxygen atoms in total. The van der Waals surface area contributed by atoms with Crippen molar-refractivity contribution in [1.82, 2.24) is 0 Å². The molecule has 1 fully saturated rings. The molecule has 1 aromatic rings. The van der Waals surface area contributed by atoms with E-state index in [0.29, 0.717) is 10.9 Å². The van der Waals surface area contributed by atoms with E-state index in [1.165, 1.54) is 18.4 Å². The van der Waals surface area contributed by atoms with E-state index in [1.54, 1.807) is 0 Å². The zero-order valence-corrected chi connectivity index (χ0v) is 9.38. The van der Waals surface area contributed by atoms with Crippen LogP contribution in [0.15, 0.2) is 29.8 Å². The summed E-state index contributed by atoms with van der Waals surface area (Å²) in [5.41, 5.74) is 3.01. The molecule has 0 aliphatic heterocycles. The van der Waals surface area contributed by atoms with E-state index in [1.807, 2.05) is 24.3 Å². The summed E-state index contributed by atoms with van der Waals surface area (Å²) < 4.78 is 0. The SMILES string of the molecule is C/C(=C(/C#N)c1ccc(Cl)cc1)C1CC1. The van der Waals surface area contributed by atoms with Crippen molar-refractivity contribution in [3.05, 3.63) is 40.4 Å². The predicted molar refractivity (Wildman–Crippen MR) is 62.4 cm³/mol. The van der Waals surface area contributed by atoms with Gasteiger partial charge in [-0.25, -0.2) is 0 Å². The van der Waals surface area contributed by atoms with Gasteiger partial charge >= 0.3 is 0 Å². The summed E-state index contributed by atoms with van der Waals surface area (Å²) in [6.07, 6.45) is 2.45. The fourth-order valence-corrected chi connectivity index (χ4v) is 1.84. The molecule has 0 amide bonds. The van der Waals surface area contributed by atoms with Crippen LogP contribution in [0.5, 0.6) is 0 Å². The first-order valence-corrected chi connectivity index (χ1v) is 5.47. The Balaban J connectivity index is 2.39. The Morgan fingerprint density at radius 2 is 1.93 bits per heavy atom. The van der Waals surface area contributed by atoms with Crippen molar-refractivity contribution in [3.8, 4) is 6.07 Å². The van der Waals surface area contributed by atoms with E-state index in [0.717, 1.165) is 11.1 Å². The lowest BCUT2D eigenvalue weighted by Crippen LogP contribution is -1.88. The van der Waals surface area contributed by atoms with Gasteiger partial charge in [0.05, 0.1) is 11.6 Å². The predicted octanol–water partition coefficient (Wildman–Crippen LogP) is 4.05. The maximum atomic E-state index is 9.15. The quantitative estimate of drug-likeness (QED) is 0.686. The Kier molecular flexibility index (Phi) is 2.79. The van der Waals surface area contributed by atoms with Gasteiger partial charge in [-0.05, 0) is 43.4 Å². The molecular formula is C13H12ClN. The van der Waals surface area contributed by atoms with Gasteiger partial charge in [0.25, 0.3) is 0 Å². The molecule has 2 heteroatoms. The van der Waals surface area contributed by atoms with Crippen molar-refractivity contribution in [3.63, 3.8) is 0 Å². The molecule has 0 atom stereocenters. The van der Waals surface area contributed by atoms with Gasteiger partial charge < -0.3 is 0 Å². The standard InChI is InChI=1S/C13H12ClN/c1-9(10-2-3-10)13(8-15)11-4-6-12(14)7-5-11/h4-7,10H,2-3H2,1H3/b13-9+. The van der Waals surface area contributed by atoms with E-state index in [2.05, 4.69) is 13.0 Å². The normalized spacial score (nSPS) is 16.9. The van der Waals surface area contributed by atoms with Crippen LogP contribution in [-0.2, 0) is 0 Å². The van der Waals surface area contributed by atoms with Crippen molar-refractivity contribution < 1.29 is 0 Å². The molecule has 0 N–H and O–H groups in total. The zero-order chi connectivity index (χ0) is 10.8. The van der Waals surface area contributed by atoms with E-state index < -0.39 is 0 Å². The average Bonchev–Trinajstić information content (AvgIpc) is 3.05. The Labute approximate surface area is 95.0 Å². The highest BCUT2D eigenvalue weighted by Crippen LogP contribution is 2.39. The Bertz CT molecular complexity index is 433. The van der Waals surface area contributed by atoms with Gasteiger partial charge in [-0.1, -0.05) is 29.3 Å². The fraction of sp³-hybridized carbons (Fsp3) is 0.308. The van der Waals surface area contributed by atoms with Gasteiger partial charge in [-0.15, -0.1) is 0 Å². The van der Waals surface area contributed by atoms with Gasteiger partial charge in [0.2, 0.25) is 0 Å². The Hall–Kier alpha value is -1.26. The van der Waals surface area contributed by atoms with Crippen LogP contribution in [0.1, 0.15) is 25.3 Å². The van der Waals surface area contributed by atoms with Gasteiger partial charge in [0.1, 0.15) is 0 Å². The smallest absolute Gasteiger partial charge is 0.0997 e. The zero-order valence-electron chi connectivity index (χ0n) is 8.63. The minimum atomic E-state index is 0.635. The van der Waals surface area contributed by atoms with Crippen molar-refractivity contribution in [2.24, 2.45) is 5.92 Å². The molecule has 1 aromatic carbocycles. The van der Waals surface area contributed by atoms with Crippen LogP contribution in [0.4, 0.5) is 0 Å². The second kappa shape index (κ2) is 4.08. The molecule has 0 heterocycles. The molecule has 0 saturated heterocycles. The third-order valence-electron chi connectivity index (χ3n) is 2.83. The number of hydrogen-bond donors (Lipinski definition) is 0. The molecule has 1 saturated carbocycles. The van der Waals surface area contributed by atoms with Crippen LogP contribution in [-0.4, -0.2) is 0 Å². The van der Waals surface area contributed by atoms with Crippen LogP contribution >= 0.6 is 11.6 Å². The maximum absolute atomic E-state index is 9.15. The Morgan fingerprint density at radius 3 is 2.40 bits per heavy atom. The molecular weight excluding hydrogens is 206 g/mol. The number of nitrogens with zero attached hydrogens (tertiary/aromatic N) is 1. The van der Waals surface area contributed by atoms with Crippen LogP contribution in [0.2, 0.25) is 5.02 Å². The third-order valence-corrected chi connectivity index (χ3v) is 3.08. The molecule has 2 rings (SSSR count). The second-order valence-electron chi connectivity index (χ2n) is 3.95. The van der Waals surface area contributed by atoms with Gasteiger partial charge in [0, 0.05) is 5.02 Å². The highest BCUT2D eigenvalue weighted by atomic mass is 35.5. The van der Waals surface area contributed by atoms with Crippen molar-refractivity contribution >= 4 is 17.2 Å². The van der Waals surface area contributed by atoms with Gasteiger partial charge in [-0.3, -0.25) is 0 Å².